The van der Waals surface area contributed by atoms with Crippen LogP contribution in [0.5, 0.6) is 11.5 Å². The number of esters is 1. The average molecular weight is 267 g/mol. The van der Waals surface area contributed by atoms with Crippen molar-refractivity contribution in [1.29, 1.82) is 0 Å². The van der Waals surface area contributed by atoms with Crippen molar-refractivity contribution in [3.63, 3.8) is 0 Å². The van der Waals surface area contributed by atoms with Crippen molar-refractivity contribution in [3.05, 3.63) is 23.8 Å². The quantitative estimate of drug-likeness (QED) is 0.778. The number of methoxy groups -OCH3 is 2. The molecule has 104 valence electrons. The molecule has 0 aliphatic carbocycles. The zero-order chi connectivity index (χ0) is 14.3. The van der Waals surface area contributed by atoms with E-state index in [9.17, 15) is 9.59 Å². The van der Waals surface area contributed by atoms with E-state index in [1.165, 1.54) is 14.2 Å². The topological polar surface area (TPSA) is 73.9 Å². The molecule has 0 aliphatic rings. The highest BCUT2D eigenvalue weighted by molar-refractivity contribution is 5.96. The van der Waals surface area contributed by atoms with Gasteiger partial charge in [0.25, 0.3) is 5.91 Å². The molecule has 0 bridgehead atoms. The van der Waals surface area contributed by atoms with Gasteiger partial charge in [0.15, 0.2) is 11.5 Å². The van der Waals surface area contributed by atoms with Crippen molar-refractivity contribution in [2.45, 2.75) is 6.92 Å². The first-order chi connectivity index (χ1) is 9.12. The van der Waals surface area contributed by atoms with Gasteiger partial charge in [0.1, 0.15) is 6.54 Å². The first-order valence-corrected chi connectivity index (χ1v) is 5.78. The van der Waals surface area contributed by atoms with Crippen molar-refractivity contribution in [2.75, 3.05) is 27.4 Å². The van der Waals surface area contributed by atoms with Crippen molar-refractivity contribution < 1.29 is 23.8 Å². The molecule has 19 heavy (non-hydrogen) atoms. The fourth-order valence-corrected chi connectivity index (χ4v) is 1.41. The number of hydrogen-bond donors (Lipinski definition) is 1. The molecule has 1 rings (SSSR count). The van der Waals surface area contributed by atoms with E-state index in [0.29, 0.717) is 23.7 Å². The summed E-state index contributed by atoms with van der Waals surface area (Å²) in [4.78, 5) is 22.7. The Bertz CT molecular complexity index is 458. The first kappa shape index (κ1) is 14.8. The van der Waals surface area contributed by atoms with E-state index in [1.807, 2.05) is 6.92 Å². The Kier molecular flexibility index (Phi) is 5.66. The lowest BCUT2D eigenvalue weighted by atomic mass is 10.2. The fourth-order valence-electron chi connectivity index (χ4n) is 1.41. The van der Waals surface area contributed by atoms with Gasteiger partial charge in [-0.15, -0.1) is 0 Å². The standard InChI is InChI=1S/C13H17NO5/c1-4-19-10-6-5-9(7-11(10)17-2)13(16)14-8-12(15)18-3/h5-7H,4,8H2,1-3H3,(H,14,16). The van der Waals surface area contributed by atoms with Gasteiger partial charge in [0.05, 0.1) is 20.8 Å². The van der Waals surface area contributed by atoms with E-state index >= 15 is 0 Å². The van der Waals surface area contributed by atoms with Crippen LogP contribution in [0.2, 0.25) is 0 Å². The minimum absolute atomic E-state index is 0.176. The molecule has 1 aromatic rings. The van der Waals surface area contributed by atoms with Crippen molar-refractivity contribution in [1.82, 2.24) is 5.32 Å². The zero-order valence-electron chi connectivity index (χ0n) is 11.2. The van der Waals surface area contributed by atoms with Gasteiger partial charge >= 0.3 is 5.97 Å². The molecule has 1 amide bonds. The predicted octanol–water partition coefficient (Wildman–Crippen LogP) is 0.997. The molecule has 0 saturated heterocycles. The molecule has 0 aliphatic heterocycles. The monoisotopic (exact) mass is 267 g/mol. The van der Waals surface area contributed by atoms with Gasteiger partial charge in [-0.05, 0) is 25.1 Å². The van der Waals surface area contributed by atoms with Crippen LogP contribution in [-0.2, 0) is 9.53 Å². The first-order valence-electron chi connectivity index (χ1n) is 5.78. The highest BCUT2D eigenvalue weighted by Gasteiger charge is 2.12. The van der Waals surface area contributed by atoms with Crippen molar-refractivity contribution in [2.24, 2.45) is 0 Å². The molecule has 0 radical (unpaired) electrons. The lowest BCUT2D eigenvalue weighted by Gasteiger charge is -2.10. The summed E-state index contributed by atoms with van der Waals surface area (Å²) < 4.78 is 14.9. The Morgan fingerprint density at radius 1 is 1.21 bits per heavy atom. The number of nitrogens with one attached hydrogen (secondary N) is 1. The van der Waals surface area contributed by atoms with Crippen LogP contribution in [0.3, 0.4) is 0 Å². The Hall–Kier alpha value is -2.24. The number of benzene rings is 1. The summed E-state index contributed by atoms with van der Waals surface area (Å²) >= 11 is 0. The fraction of sp³-hybridized carbons (Fsp3) is 0.385. The normalized spacial score (nSPS) is 9.63. The van der Waals surface area contributed by atoms with Gasteiger partial charge in [0.2, 0.25) is 0 Å². The summed E-state index contributed by atoms with van der Waals surface area (Å²) in [6.45, 7) is 2.19. The van der Waals surface area contributed by atoms with Gasteiger partial charge in [-0.1, -0.05) is 0 Å². The molecule has 0 heterocycles. The Morgan fingerprint density at radius 2 is 1.95 bits per heavy atom. The summed E-state index contributed by atoms with van der Waals surface area (Å²) in [5, 5.41) is 2.44. The summed E-state index contributed by atoms with van der Waals surface area (Å²) in [7, 11) is 2.75. The Labute approximate surface area is 111 Å². The SMILES string of the molecule is CCOc1ccc(C(=O)NCC(=O)OC)cc1OC. The highest BCUT2D eigenvalue weighted by Crippen LogP contribution is 2.27. The maximum absolute atomic E-state index is 11.8. The minimum atomic E-state index is -0.508. The molecule has 6 heteroatoms. The maximum atomic E-state index is 11.8. The molecular formula is C13H17NO5. The van der Waals surface area contributed by atoms with Crippen LogP contribution in [-0.4, -0.2) is 39.2 Å². The van der Waals surface area contributed by atoms with Crippen LogP contribution in [0.1, 0.15) is 17.3 Å². The molecule has 0 spiro atoms. The number of ether oxygens (including phenoxy) is 3. The molecule has 1 aromatic carbocycles. The smallest absolute Gasteiger partial charge is 0.325 e. The van der Waals surface area contributed by atoms with Crippen LogP contribution >= 0.6 is 0 Å². The Balaban J connectivity index is 2.78. The second kappa shape index (κ2) is 7.25. The van der Waals surface area contributed by atoms with Crippen LogP contribution in [0, 0.1) is 0 Å². The molecule has 0 fully saturated rings. The Morgan fingerprint density at radius 3 is 2.53 bits per heavy atom. The molecule has 0 unspecified atom stereocenters. The van der Waals surface area contributed by atoms with Crippen molar-refractivity contribution in [3.8, 4) is 11.5 Å². The van der Waals surface area contributed by atoms with Gasteiger partial charge < -0.3 is 19.5 Å². The molecule has 6 nitrogen and oxygen atoms in total. The molecule has 0 atom stereocenters. The maximum Gasteiger partial charge on any atom is 0.325 e. The van der Waals surface area contributed by atoms with E-state index in [-0.39, 0.29) is 12.5 Å². The van der Waals surface area contributed by atoms with Crippen LogP contribution in [0.4, 0.5) is 0 Å². The highest BCUT2D eigenvalue weighted by atomic mass is 16.5. The van der Waals surface area contributed by atoms with Crippen LogP contribution in [0.25, 0.3) is 0 Å². The van der Waals surface area contributed by atoms with Gasteiger partial charge in [-0.25, -0.2) is 0 Å². The second-order valence-electron chi connectivity index (χ2n) is 3.56. The van der Waals surface area contributed by atoms with Gasteiger partial charge in [0, 0.05) is 5.56 Å². The van der Waals surface area contributed by atoms with E-state index < -0.39 is 5.97 Å². The van der Waals surface area contributed by atoms with E-state index in [0.717, 1.165) is 0 Å². The molecule has 0 saturated carbocycles. The molecule has 0 aromatic heterocycles. The van der Waals surface area contributed by atoms with E-state index in [1.54, 1.807) is 18.2 Å². The average Bonchev–Trinajstić information content (AvgIpc) is 2.44. The number of rotatable bonds is 6. The third-order valence-corrected chi connectivity index (χ3v) is 2.35. The summed E-state index contributed by atoms with van der Waals surface area (Å²) in [5.74, 6) is 0.139. The largest absolute Gasteiger partial charge is 0.493 e. The number of carbonyl (C=O) groups excluding carboxylic acids is 2. The van der Waals surface area contributed by atoms with E-state index in [4.69, 9.17) is 9.47 Å². The minimum Gasteiger partial charge on any atom is -0.493 e. The van der Waals surface area contributed by atoms with Gasteiger partial charge in [-0.2, -0.15) is 0 Å². The second-order valence-corrected chi connectivity index (χ2v) is 3.56. The predicted molar refractivity (Wildman–Crippen MR) is 68.5 cm³/mol. The van der Waals surface area contributed by atoms with Crippen LogP contribution in [0.15, 0.2) is 18.2 Å². The summed E-state index contributed by atoms with van der Waals surface area (Å²) in [6.07, 6.45) is 0. The molecular weight excluding hydrogens is 250 g/mol. The van der Waals surface area contributed by atoms with E-state index in [2.05, 4.69) is 10.1 Å². The lowest BCUT2D eigenvalue weighted by molar-refractivity contribution is -0.139. The molecule has 1 N–H and O–H groups in total. The third kappa shape index (κ3) is 4.17. The zero-order valence-corrected chi connectivity index (χ0v) is 11.2. The summed E-state index contributed by atoms with van der Waals surface area (Å²) in [6, 6.07) is 4.80. The van der Waals surface area contributed by atoms with Gasteiger partial charge in [-0.3, -0.25) is 9.59 Å². The summed E-state index contributed by atoms with van der Waals surface area (Å²) in [5.41, 5.74) is 0.379. The lowest BCUT2D eigenvalue weighted by Crippen LogP contribution is -2.30. The third-order valence-electron chi connectivity index (χ3n) is 2.35. The van der Waals surface area contributed by atoms with Crippen molar-refractivity contribution >= 4 is 11.9 Å². The number of hydrogen-bond acceptors (Lipinski definition) is 5. The number of amides is 1. The number of carbonyl (C=O) groups is 2. The van der Waals surface area contributed by atoms with Crippen LogP contribution < -0.4 is 14.8 Å².